The van der Waals surface area contributed by atoms with Gasteiger partial charge in [0, 0.05) is 0 Å². The van der Waals surface area contributed by atoms with Gasteiger partial charge in [-0.1, -0.05) is 31.0 Å². The first-order valence-corrected chi connectivity index (χ1v) is 6.48. The molecule has 0 fully saturated rings. The lowest BCUT2D eigenvalue weighted by molar-refractivity contribution is 0.243. The summed E-state index contributed by atoms with van der Waals surface area (Å²) in [4.78, 5) is 0. The van der Waals surface area contributed by atoms with Gasteiger partial charge in [-0.15, -0.1) is 0 Å². The second-order valence-electron chi connectivity index (χ2n) is 4.68. The third kappa shape index (κ3) is 4.64. The van der Waals surface area contributed by atoms with E-state index >= 15 is 0 Å². The molecule has 0 bridgehead atoms. The first-order chi connectivity index (χ1) is 8.15. The zero-order valence-corrected chi connectivity index (χ0v) is 11.5. The number of ether oxygens (including phenoxy) is 1. The number of benzene rings is 1. The van der Waals surface area contributed by atoms with Crippen molar-refractivity contribution >= 4 is 0 Å². The molecule has 0 N–H and O–H groups in total. The van der Waals surface area contributed by atoms with Crippen LogP contribution in [0.2, 0.25) is 0 Å². The van der Waals surface area contributed by atoms with E-state index in [4.69, 9.17) is 4.74 Å². The molecule has 1 aromatic rings. The summed E-state index contributed by atoms with van der Waals surface area (Å²) in [5, 5.41) is 0. The summed E-state index contributed by atoms with van der Waals surface area (Å²) in [5.41, 5.74) is 5.51. The summed E-state index contributed by atoms with van der Waals surface area (Å²) in [5.74, 6) is 0. The van der Waals surface area contributed by atoms with E-state index in [1.807, 2.05) is 6.26 Å². The van der Waals surface area contributed by atoms with Gasteiger partial charge in [-0.2, -0.15) is 0 Å². The Labute approximate surface area is 106 Å². The number of aryl methyl sites for hydroxylation is 3. The Morgan fingerprint density at radius 1 is 1.12 bits per heavy atom. The van der Waals surface area contributed by atoms with Crippen molar-refractivity contribution in [1.29, 1.82) is 0 Å². The fourth-order valence-electron chi connectivity index (χ4n) is 2.06. The molecule has 0 aliphatic carbocycles. The summed E-state index contributed by atoms with van der Waals surface area (Å²) in [6, 6.07) is 4.49. The lowest BCUT2D eigenvalue weighted by atomic mass is 9.97. The normalized spacial score (nSPS) is 11.1. The highest BCUT2D eigenvalue weighted by atomic mass is 16.5. The van der Waals surface area contributed by atoms with Crippen LogP contribution in [0.5, 0.6) is 0 Å². The Balaban J connectivity index is 2.52. The minimum Gasteiger partial charge on any atom is -0.502 e. The van der Waals surface area contributed by atoms with E-state index in [-0.39, 0.29) is 0 Å². The molecule has 0 saturated heterocycles. The summed E-state index contributed by atoms with van der Waals surface area (Å²) < 4.78 is 5.42. The Bertz CT molecular complexity index is 354. The maximum absolute atomic E-state index is 5.42. The largest absolute Gasteiger partial charge is 0.502 e. The van der Waals surface area contributed by atoms with E-state index in [0.29, 0.717) is 0 Å². The summed E-state index contributed by atoms with van der Waals surface area (Å²) >= 11 is 0. The summed E-state index contributed by atoms with van der Waals surface area (Å²) in [6.07, 6.45) is 7.23. The fourth-order valence-corrected chi connectivity index (χ4v) is 2.06. The van der Waals surface area contributed by atoms with Crippen molar-refractivity contribution in [2.75, 3.05) is 6.61 Å². The predicted molar refractivity (Wildman–Crippen MR) is 74.4 cm³/mol. The maximum Gasteiger partial charge on any atom is 0.0873 e. The van der Waals surface area contributed by atoms with Crippen molar-refractivity contribution in [3.05, 3.63) is 46.7 Å². The molecular formula is C16H24O. The second-order valence-corrected chi connectivity index (χ2v) is 4.68. The quantitative estimate of drug-likeness (QED) is 0.519. The molecule has 1 nitrogen and oxygen atoms in total. The molecule has 17 heavy (non-hydrogen) atoms. The molecular weight excluding hydrogens is 208 g/mol. The van der Waals surface area contributed by atoms with Crippen LogP contribution in [0.3, 0.4) is 0 Å². The topological polar surface area (TPSA) is 9.23 Å². The molecule has 0 aliphatic heterocycles. The van der Waals surface area contributed by atoms with Crippen LogP contribution in [-0.4, -0.2) is 6.61 Å². The molecule has 0 aromatic heterocycles. The fraction of sp³-hybridized carbons (Fsp3) is 0.500. The minimum absolute atomic E-state index is 0.832. The molecule has 0 atom stereocenters. The van der Waals surface area contributed by atoms with Crippen LogP contribution in [0.25, 0.3) is 0 Å². The van der Waals surface area contributed by atoms with Crippen LogP contribution in [0.15, 0.2) is 24.5 Å². The minimum atomic E-state index is 0.832. The second kappa shape index (κ2) is 7.16. The first kappa shape index (κ1) is 13.8. The van der Waals surface area contributed by atoms with Gasteiger partial charge >= 0.3 is 0 Å². The Morgan fingerprint density at radius 2 is 1.76 bits per heavy atom. The standard InChI is InChI=1S/C16H24O/c1-5-6-9-17-10-7-8-16-14(3)11-13(2)12-15(16)4/h7,10-12H,5-6,8-9H2,1-4H3/b10-7-. The lowest BCUT2D eigenvalue weighted by Gasteiger charge is -2.09. The van der Waals surface area contributed by atoms with Crippen LogP contribution in [0.1, 0.15) is 42.0 Å². The van der Waals surface area contributed by atoms with E-state index in [0.717, 1.165) is 19.4 Å². The number of hydrogen-bond donors (Lipinski definition) is 0. The van der Waals surface area contributed by atoms with Crippen LogP contribution in [-0.2, 0) is 11.2 Å². The molecule has 1 rings (SSSR count). The molecule has 94 valence electrons. The van der Waals surface area contributed by atoms with Crippen molar-refractivity contribution in [2.45, 2.75) is 47.0 Å². The van der Waals surface area contributed by atoms with Crippen molar-refractivity contribution in [3.63, 3.8) is 0 Å². The SMILES string of the molecule is CCCCO/C=C\Cc1c(C)cc(C)cc1C. The number of hydrogen-bond acceptors (Lipinski definition) is 1. The third-order valence-corrected chi connectivity index (χ3v) is 2.97. The summed E-state index contributed by atoms with van der Waals surface area (Å²) in [6.45, 7) is 9.51. The van der Waals surface area contributed by atoms with E-state index in [2.05, 4.69) is 45.9 Å². The van der Waals surface area contributed by atoms with Crippen molar-refractivity contribution in [1.82, 2.24) is 0 Å². The lowest BCUT2D eigenvalue weighted by Crippen LogP contribution is -1.94. The highest BCUT2D eigenvalue weighted by molar-refractivity contribution is 5.38. The van der Waals surface area contributed by atoms with Gasteiger partial charge in [-0.25, -0.2) is 0 Å². The highest BCUT2D eigenvalue weighted by Crippen LogP contribution is 2.17. The molecule has 0 heterocycles. The summed E-state index contributed by atoms with van der Waals surface area (Å²) in [7, 11) is 0. The monoisotopic (exact) mass is 232 g/mol. The molecule has 0 spiro atoms. The average molecular weight is 232 g/mol. The molecule has 0 aliphatic rings. The highest BCUT2D eigenvalue weighted by Gasteiger charge is 2.01. The van der Waals surface area contributed by atoms with E-state index in [9.17, 15) is 0 Å². The van der Waals surface area contributed by atoms with Gasteiger partial charge in [-0.05, 0) is 56.4 Å². The van der Waals surface area contributed by atoms with Crippen LogP contribution < -0.4 is 0 Å². The van der Waals surface area contributed by atoms with Gasteiger partial charge < -0.3 is 4.74 Å². The van der Waals surface area contributed by atoms with Gasteiger partial charge in [-0.3, -0.25) is 0 Å². The number of unbranched alkanes of at least 4 members (excludes halogenated alkanes) is 1. The predicted octanol–water partition coefficient (Wildman–Crippen LogP) is 4.48. The average Bonchev–Trinajstić information content (AvgIpc) is 2.26. The molecule has 1 aromatic carbocycles. The van der Waals surface area contributed by atoms with Gasteiger partial charge in [0.15, 0.2) is 0 Å². The third-order valence-electron chi connectivity index (χ3n) is 2.97. The zero-order valence-electron chi connectivity index (χ0n) is 11.5. The zero-order chi connectivity index (χ0) is 12.7. The van der Waals surface area contributed by atoms with Crippen LogP contribution in [0, 0.1) is 20.8 Å². The van der Waals surface area contributed by atoms with Crippen molar-refractivity contribution in [3.8, 4) is 0 Å². The van der Waals surface area contributed by atoms with Gasteiger partial charge in [0.25, 0.3) is 0 Å². The van der Waals surface area contributed by atoms with Gasteiger partial charge in [0.1, 0.15) is 0 Å². The van der Waals surface area contributed by atoms with Crippen LogP contribution >= 0.6 is 0 Å². The number of allylic oxidation sites excluding steroid dienone is 1. The first-order valence-electron chi connectivity index (χ1n) is 6.48. The smallest absolute Gasteiger partial charge is 0.0873 e. The Kier molecular flexibility index (Phi) is 5.82. The molecule has 0 radical (unpaired) electrons. The molecule has 0 amide bonds. The van der Waals surface area contributed by atoms with Crippen LogP contribution in [0.4, 0.5) is 0 Å². The maximum atomic E-state index is 5.42. The van der Waals surface area contributed by atoms with Gasteiger partial charge in [0.05, 0.1) is 12.9 Å². The Hall–Kier alpha value is -1.24. The van der Waals surface area contributed by atoms with Gasteiger partial charge in [0.2, 0.25) is 0 Å². The Morgan fingerprint density at radius 3 is 2.35 bits per heavy atom. The van der Waals surface area contributed by atoms with Crippen molar-refractivity contribution in [2.24, 2.45) is 0 Å². The number of rotatable bonds is 6. The molecule has 1 heteroatoms. The molecule has 0 saturated carbocycles. The molecule has 0 unspecified atom stereocenters. The van der Waals surface area contributed by atoms with E-state index in [1.165, 1.54) is 28.7 Å². The van der Waals surface area contributed by atoms with E-state index < -0.39 is 0 Å². The van der Waals surface area contributed by atoms with E-state index in [1.54, 1.807) is 0 Å². The van der Waals surface area contributed by atoms with Crippen molar-refractivity contribution < 1.29 is 4.74 Å².